The van der Waals surface area contributed by atoms with Gasteiger partial charge in [0.1, 0.15) is 23.4 Å². The van der Waals surface area contributed by atoms with Gasteiger partial charge in [-0.2, -0.15) is 4.98 Å². The van der Waals surface area contributed by atoms with Gasteiger partial charge >= 0.3 is 6.03 Å². The number of nitrogens with one attached hydrogen (secondary N) is 3. The number of rotatable bonds is 5. The molecule has 3 N–H and O–H groups in total. The van der Waals surface area contributed by atoms with Crippen molar-refractivity contribution in [1.29, 1.82) is 0 Å². The maximum Gasteiger partial charge on any atom is 0.319 e. The number of aromatic nitrogens is 6. The van der Waals surface area contributed by atoms with Crippen LogP contribution in [0.4, 0.5) is 16.4 Å². The van der Waals surface area contributed by atoms with Crippen molar-refractivity contribution in [1.82, 2.24) is 35.0 Å². The van der Waals surface area contributed by atoms with Crippen LogP contribution in [0.2, 0.25) is 0 Å². The van der Waals surface area contributed by atoms with Crippen molar-refractivity contribution in [3.63, 3.8) is 0 Å². The average Bonchev–Trinajstić information content (AvgIpc) is 3.36. The molecule has 0 aromatic carbocycles. The van der Waals surface area contributed by atoms with Gasteiger partial charge in [0.25, 0.3) is 5.56 Å². The number of hydrogen-bond acceptors (Lipinski definition) is 9. The summed E-state index contributed by atoms with van der Waals surface area (Å²) in [6.07, 6.45) is 6.92. The number of carbonyl (C=O) groups excluding carboxylic acids is 1. The number of hydrogen-bond donors (Lipinski definition) is 3. The molecule has 0 saturated heterocycles. The SMILES string of the molecule is CNc1ncc2cc(C3CC3NC(=O)Nc3cnc(C(C)(C)C)nc3-c3cnoc3)c(=O)n(C)c2n1. The van der Waals surface area contributed by atoms with Gasteiger partial charge in [-0.1, -0.05) is 25.9 Å². The van der Waals surface area contributed by atoms with E-state index in [2.05, 4.69) is 41.0 Å². The van der Waals surface area contributed by atoms with E-state index in [1.165, 1.54) is 17.0 Å². The number of carbonyl (C=O) groups is 1. The van der Waals surface area contributed by atoms with Crippen LogP contribution in [0.25, 0.3) is 22.3 Å². The maximum absolute atomic E-state index is 13.0. The third-order valence-corrected chi connectivity index (χ3v) is 6.12. The first-order valence-corrected chi connectivity index (χ1v) is 11.5. The lowest BCUT2D eigenvalue weighted by atomic mass is 9.95. The molecule has 1 aliphatic carbocycles. The first-order valence-electron chi connectivity index (χ1n) is 11.5. The summed E-state index contributed by atoms with van der Waals surface area (Å²) in [4.78, 5) is 43.5. The first-order chi connectivity index (χ1) is 17.2. The van der Waals surface area contributed by atoms with Gasteiger partial charge in [-0.05, 0) is 12.5 Å². The molecule has 12 heteroatoms. The minimum absolute atomic E-state index is 0.0973. The Morgan fingerprint density at radius 1 is 1.17 bits per heavy atom. The van der Waals surface area contributed by atoms with Crippen LogP contribution in [-0.4, -0.2) is 48.8 Å². The van der Waals surface area contributed by atoms with Crippen LogP contribution >= 0.6 is 0 Å². The van der Waals surface area contributed by atoms with Crippen LogP contribution in [-0.2, 0) is 12.5 Å². The summed E-state index contributed by atoms with van der Waals surface area (Å²) in [6, 6.07) is 1.22. The second-order valence-corrected chi connectivity index (χ2v) is 9.85. The third-order valence-electron chi connectivity index (χ3n) is 6.12. The predicted octanol–water partition coefficient (Wildman–Crippen LogP) is 2.79. The normalized spacial score (nSPS) is 17.1. The van der Waals surface area contributed by atoms with Crippen molar-refractivity contribution in [2.24, 2.45) is 7.05 Å². The highest BCUT2D eigenvalue weighted by atomic mass is 16.5. The lowest BCUT2D eigenvalue weighted by Gasteiger charge is -2.18. The van der Waals surface area contributed by atoms with Gasteiger partial charge in [-0.15, -0.1) is 0 Å². The van der Waals surface area contributed by atoms with Crippen LogP contribution in [0, 0.1) is 0 Å². The molecular formula is C24H27N9O3. The van der Waals surface area contributed by atoms with Crippen molar-refractivity contribution < 1.29 is 9.32 Å². The summed E-state index contributed by atoms with van der Waals surface area (Å²) in [6.45, 7) is 6.03. The second-order valence-electron chi connectivity index (χ2n) is 9.85. The molecule has 4 heterocycles. The lowest BCUT2D eigenvalue weighted by molar-refractivity contribution is 0.251. The molecule has 0 radical (unpaired) electrons. The van der Waals surface area contributed by atoms with E-state index >= 15 is 0 Å². The van der Waals surface area contributed by atoms with Crippen LogP contribution in [0.5, 0.6) is 0 Å². The van der Waals surface area contributed by atoms with Crippen LogP contribution in [0.1, 0.15) is 44.5 Å². The molecule has 4 aromatic rings. The van der Waals surface area contributed by atoms with E-state index in [0.29, 0.717) is 46.3 Å². The largest absolute Gasteiger partial charge is 0.364 e. The third kappa shape index (κ3) is 4.37. The van der Waals surface area contributed by atoms with Gasteiger partial charge in [-0.25, -0.2) is 19.7 Å². The number of pyridine rings is 1. The Labute approximate surface area is 206 Å². The summed E-state index contributed by atoms with van der Waals surface area (Å²) in [5.41, 5.74) is 2.33. The van der Waals surface area contributed by atoms with E-state index in [1.54, 1.807) is 26.5 Å². The summed E-state index contributed by atoms with van der Waals surface area (Å²) < 4.78 is 6.49. The average molecular weight is 490 g/mol. The molecule has 12 nitrogen and oxygen atoms in total. The highest BCUT2D eigenvalue weighted by molar-refractivity contribution is 5.93. The van der Waals surface area contributed by atoms with Gasteiger partial charge in [-0.3, -0.25) is 9.36 Å². The van der Waals surface area contributed by atoms with Crippen molar-refractivity contribution in [3.8, 4) is 11.3 Å². The topological polar surface area (TPSA) is 153 Å². The second kappa shape index (κ2) is 8.70. The molecule has 1 fully saturated rings. The maximum atomic E-state index is 13.0. The fraction of sp³-hybridized carbons (Fsp3) is 0.375. The summed E-state index contributed by atoms with van der Waals surface area (Å²) >= 11 is 0. The molecule has 0 spiro atoms. The number of amides is 2. The molecule has 0 aliphatic heterocycles. The fourth-order valence-corrected chi connectivity index (χ4v) is 4.06. The number of urea groups is 1. The van der Waals surface area contributed by atoms with Gasteiger partial charge < -0.3 is 20.5 Å². The molecule has 4 aromatic heterocycles. The Balaban J connectivity index is 1.34. The fourth-order valence-electron chi connectivity index (χ4n) is 4.06. The standard InChI is InChI=1S/C24H27N9O3/c1-24(2,3)21-26-10-17(18(31-21)13-9-28-36-11-13)30-23(35)29-16-7-14(16)15-6-12-8-27-22(25-4)32-19(12)33(5)20(15)34/h6,8-11,14,16H,7H2,1-5H3,(H,25,27,32)(H2,29,30,35). The van der Waals surface area contributed by atoms with Gasteiger partial charge in [0.2, 0.25) is 5.95 Å². The van der Waals surface area contributed by atoms with Crippen molar-refractivity contribution in [2.45, 2.75) is 44.6 Å². The van der Waals surface area contributed by atoms with Gasteiger partial charge in [0, 0.05) is 48.6 Å². The summed E-state index contributed by atoms with van der Waals surface area (Å²) in [7, 11) is 3.41. The minimum atomic E-state index is -0.410. The molecular weight excluding hydrogens is 462 g/mol. The Morgan fingerprint density at radius 2 is 1.97 bits per heavy atom. The lowest BCUT2D eigenvalue weighted by Crippen LogP contribution is -2.32. The van der Waals surface area contributed by atoms with E-state index in [0.717, 1.165) is 5.39 Å². The molecule has 0 bridgehead atoms. The molecule has 2 atom stereocenters. The molecule has 1 aliphatic rings. The molecule has 186 valence electrons. The van der Waals surface area contributed by atoms with Gasteiger partial charge in [0.05, 0.1) is 23.6 Å². The minimum Gasteiger partial charge on any atom is -0.364 e. The summed E-state index contributed by atoms with van der Waals surface area (Å²) in [5.74, 6) is 0.975. The zero-order valence-corrected chi connectivity index (χ0v) is 20.7. The van der Waals surface area contributed by atoms with Crippen LogP contribution in [0.15, 0.2) is 40.2 Å². The zero-order chi connectivity index (χ0) is 25.6. The Hall–Kier alpha value is -4.35. The van der Waals surface area contributed by atoms with E-state index in [1.807, 2.05) is 26.8 Å². The number of nitrogens with zero attached hydrogens (tertiary/aromatic N) is 6. The Bertz CT molecular complexity index is 1510. The highest BCUT2D eigenvalue weighted by Gasteiger charge is 2.41. The summed E-state index contributed by atoms with van der Waals surface area (Å²) in [5, 5.41) is 13.2. The van der Waals surface area contributed by atoms with Crippen molar-refractivity contribution >= 4 is 28.7 Å². The van der Waals surface area contributed by atoms with E-state index in [4.69, 9.17) is 4.52 Å². The Morgan fingerprint density at radius 3 is 2.67 bits per heavy atom. The molecule has 2 unspecified atom stereocenters. The van der Waals surface area contributed by atoms with E-state index < -0.39 is 6.03 Å². The van der Waals surface area contributed by atoms with Gasteiger partial charge in [0.15, 0.2) is 0 Å². The van der Waals surface area contributed by atoms with Crippen molar-refractivity contribution in [3.05, 3.63) is 52.7 Å². The molecule has 5 rings (SSSR count). The zero-order valence-electron chi connectivity index (χ0n) is 20.7. The molecule has 2 amide bonds. The number of aryl methyl sites for hydroxylation is 1. The number of fused-ring (bicyclic) bond motifs is 1. The predicted molar refractivity (Wildman–Crippen MR) is 134 cm³/mol. The van der Waals surface area contributed by atoms with E-state index in [9.17, 15) is 9.59 Å². The monoisotopic (exact) mass is 489 g/mol. The van der Waals surface area contributed by atoms with Crippen LogP contribution < -0.4 is 21.5 Å². The Kier molecular flexibility index (Phi) is 5.65. The first kappa shape index (κ1) is 23.4. The van der Waals surface area contributed by atoms with Crippen LogP contribution in [0.3, 0.4) is 0 Å². The quantitative estimate of drug-likeness (QED) is 0.384. The highest BCUT2D eigenvalue weighted by Crippen LogP contribution is 2.40. The molecule has 36 heavy (non-hydrogen) atoms. The van der Waals surface area contributed by atoms with E-state index in [-0.39, 0.29) is 22.9 Å². The number of anilines is 2. The molecule has 1 saturated carbocycles. The van der Waals surface area contributed by atoms with Crippen molar-refractivity contribution in [2.75, 3.05) is 17.7 Å². The smallest absolute Gasteiger partial charge is 0.319 e.